The quantitative estimate of drug-likeness (QED) is 0.800. The van der Waals surface area contributed by atoms with Crippen LogP contribution in [0.25, 0.3) is 11.5 Å². The smallest absolute Gasteiger partial charge is 0.247 e. The molecule has 3 aromatic rings. The number of rotatable bonds is 4. The average molecular weight is 295 g/mol. The van der Waals surface area contributed by atoms with Crippen LogP contribution in [0.3, 0.4) is 0 Å². The molecule has 0 aliphatic carbocycles. The lowest BCUT2D eigenvalue weighted by atomic mass is 10.1. The van der Waals surface area contributed by atoms with Gasteiger partial charge in [-0.05, 0) is 25.1 Å². The minimum atomic E-state index is 0.305. The number of hydrogen-bond donors (Lipinski definition) is 1. The Balaban J connectivity index is 1.44. The lowest BCUT2D eigenvalue weighted by Gasteiger charge is -2.12. The minimum Gasteiger partial charge on any atom is -0.420 e. The molecule has 22 heavy (non-hydrogen) atoms. The third-order valence-corrected chi connectivity index (χ3v) is 4.01. The zero-order valence-electron chi connectivity index (χ0n) is 12.1. The largest absolute Gasteiger partial charge is 0.420 e. The number of nitrogens with one attached hydrogen (secondary N) is 1. The molecular formula is C16H17N5O. The van der Waals surface area contributed by atoms with Crippen LogP contribution in [0, 0.1) is 0 Å². The van der Waals surface area contributed by atoms with Gasteiger partial charge in [0.2, 0.25) is 11.8 Å². The summed E-state index contributed by atoms with van der Waals surface area (Å²) in [7, 11) is 0. The summed E-state index contributed by atoms with van der Waals surface area (Å²) in [4.78, 5) is 9.77. The van der Waals surface area contributed by atoms with Crippen molar-refractivity contribution in [3.05, 3.63) is 54.4 Å². The molecule has 3 heterocycles. The van der Waals surface area contributed by atoms with Crippen LogP contribution in [-0.2, 0) is 6.54 Å². The molecule has 1 aliphatic rings. The SMILES string of the molecule is c1ccc(-c2nnc(C3CCN(Cc4ncc[nH]4)C3)o2)cc1. The van der Waals surface area contributed by atoms with Crippen LogP contribution in [-0.4, -0.2) is 38.2 Å². The van der Waals surface area contributed by atoms with Gasteiger partial charge in [-0.1, -0.05) is 18.2 Å². The van der Waals surface area contributed by atoms with E-state index < -0.39 is 0 Å². The first-order valence-corrected chi connectivity index (χ1v) is 7.48. The van der Waals surface area contributed by atoms with Gasteiger partial charge < -0.3 is 9.40 Å². The molecule has 0 bridgehead atoms. The Bertz CT molecular complexity index is 722. The fraction of sp³-hybridized carbons (Fsp3) is 0.312. The minimum absolute atomic E-state index is 0.305. The van der Waals surface area contributed by atoms with Crippen molar-refractivity contribution < 1.29 is 4.42 Å². The van der Waals surface area contributed by atoms with E-state index in [2.05, 4.69) is 25.1 Å². The summed E-state index contributed by atoms with van der Waals surface area (Å²) in [6.07, 6.45) is 4.68. The second kappa shape index (κ2) is 5.73. The standard InChI is InChI=1S/C16H17N5O/c1-2-4-12(5-3-1)15-19-20-16(22-15)13-6-9-21(10-13)11-14-17-7-8-18-14/h1-5,7-8,13H,6,9-11H2,(H,17,18). The van der Waals surface area contributed by atoms with Crippen molar-refractivity contribution in [3.63, 3.8) is 0 Å². The highest BCUT2D eigenvalue weighted by atomic mass is 16.4. The van der Waals surface area contributed by atoms with E-state index in [1.165, 1.54) is 0 Å². The second-order valence-electron chi connectivity index (χ2n) is 5.57. The first-order chi connectivity index (χ1) is 10.9. The van der Waals surface area contributed by atoms with Crippen LogP contribution in [0.1, 0.15) is 24.1 Å². The van der Waals surface area contributed by atoms with Crippen molar-refractivity contribution in [1.82, 2.24) is 25.1 Å². The normalized spacial score (nSPS) is 18.8. The summed E-state index contributed by atoms with van der Waals surface area (Å²) in [5.74, 6) is 2.64. The predicted octanol–water partition coefficient (Wildman–Crippen LogP) is 2.45. The summed E-state index contributed by atoms with van der Waals surface area (Å²) in [5, 5.41) is 8.42. The molecule has 1 N–H and O–H groups in total. The Morgan fingerprint density at radius 3 is 2.95 bits per heavy atom. The maximum Gasteiger partial charge on any atom is 0.247 e. The van der Waals surface area contributed by atoms with Gasteiger partial charge in [-0.2, -0.15) is 0 Å². The average Bonchev–Trinajstić information content (AvgIpc) is 3.30. The van der Waals surface area contributed by atoms with Gasteiger partial charge in [0, 0.05) is 24.5 Å². The van der Waals surface area contributed by atoms with Gasteiger partial charge in [0.05, 0.1) is 12.5 Å². The van der Waals surface area contributed by atoms with E-state index in [1.807, 2.05) is 36.5 Å². The molecule has 2 aromatic heterocycles. The van der Waals surface area contributed by atoms with E-state index in [0.29, 0.717) is 11.8 Å². The number of aromatic nitrogens is 4. The van der Waals surface area contributed by atoms with Crippen LogP contribution in [0.15, 0.2) is 47.1 Å². The highest BCUT2D eigenvalue weighted by Crippen LogP contribution is 2.29. The summed E-state index contributed by atoms with van der Waals surface area (Å²) in [6.45, 7) is 2.79. The van der Waals surface area contributed by atoms with Crippen LogP contribution in [0.2, 0.25) is 0 Å². The van der Waals surface area contributed by atoms with Crippen molar-refractivity contribution in [1.29, 1.82) is 0 Å². The molecule has 0 spiro atoms. The summed E-state index contributed by atoms with van der Waals surface area (Å²) in [5.41, 5.74) is 0.965. The van der Waals surface area contributed by atoms with Crippen LogP contribution in [0.5, 0.6) is 0 Å². The molecule has 1 saturated heterocycles. The second-order valence-corrected chi connectivity index (χ2v) is 5.57. The highest BCUT2D eigenvalue weighted by Gasteiger charge is 2.28. The third kappa shape index (κ3) is 2.65. The fourth-order valence-electron chi connectivity index (χ4n) is 2.87. The zero-order valence-corrected chi connectivity index (χ0v) is 12.1. The number of likely N-dealkylation sites (tertiary alicyclic amines) is 1. The van der Waals surface area contributed by atoms with Crippen molar-refractivity contribution in [2.75, 3.05) is 13.1 Å². The molecule has 4 rings (SSSR count). The monoisotopic (exact) mass is 295 g/mol. The van der Waals surface area contributed by atoms with E-state index in [9.17, 15) is 0 Å². The van der Waals surface area contributed by atoms with E-state index in [4.69, 9.17) is 4.42 Å². The van der Waals surface area contributed by atoms with E-state index >= 15 is 0 Å². The van der Waals surface area contributed by atoms with Gasteiger partial charge >= 0.3 is 0 Å². The third-order valence-electron chi connectivity index (χ3n) is 4.01. The number of aromatic amines is 1. The van der Waals surface area contributed by atoms with E-state index in [-0.39, 0.29) is 0 Å². The molecule has 0 amide bonds. The molecule has 6 heteroatoms. The Labute approximate surface area is 128 Å². The Morgan fingerprint density at radius 2 is 2.14 bits per heavy atom. The molecule has 6 nitrogen and oxygen atoms in total. The van der Waals surface area contributed by atoms with Crippen molar-refractivity contribution in [2.24, 2.45) is 0 Å². The molecule has 0 saturated carbocycles. The van der Waals surface area contributed by atoms with Gasteiger partial charge in [-0.3, -0.25) is 4.90 Å². The molecule has 112 valence electrons. The number of benzene rings is 1. The van der Waals surface area contributed by atoms with Crippen LogP contribution >= 0.6 is 0 Å². The molecule has 1 fully saturated rings. The van der Waals surface area contributed by atoms with Crippen molar-refractivity contribution in [2.45, 2.75) is 18.9 Å². The van der Waals surface area contributed by atoms with Gasteiger partial charge in [-0.15, -0.1) is 10.2 Å². The zero-order chi connectivity index (χ0) is 14.8. The molecule has 0 radical (unpaired) electrons. The van der Waals surface area contributed by atoms with E-state index in [0.717, 1.165) is 43.3 Å². The van der Waals surface area contributed by atoms with Crippen molar-refractivity contribution >= 4 is 0 Å². The van der Waals surface area contributed by atoms with Crippen LogP contribution in [0.4, 0.5) is 0 Å². The molecule has 1 aliphatic heterocycles. The topological polar surface area (TPSA) is 70.8 Å². The maximum atomic E-state index is 5.86. The summed E-state index contributed by atoms with van der Waals surface area (Å²) >= 11 is 0. The van der Waals surface area contributed by atoms with Crippen LogP contribution < -0.4 is 0 Å². The van der Waals surface area contributed by atoms with Gasteiger partial charge in [-0.25, -0.2) is 4.98 Å². The first kappa shape index (κ1) is 13.2. The van der Waals surface area contributed by atoms with Gasteiger partial charge in [0.1, 0.15) is 5.82 Å². The lowest BCUT2D eigenvalue weighted by molar-refractivity contribution is 0.313. The summed E-state index contributed by atoms with van der Waals surface area (Å²) < 4.78 is 5.86. The predicted molar refractivity (Wildman–Crippen MR) is 81.0 cm³/mol. The Hall–Kier alpha value is -2.47. The Morgan fingerprint density at radius 1 is 1.23 bits per heavy atom. The van der Waals surface area contributed by atoms with Gasteiger partial charge in [0.25, 0.3) is 0 Å². The maximum absolute atomic E-state index is 5.86. The number of H-pyrrole nitrogens is 1. The lowest BCUT2D eigenvalue weighted by Crippen LogP contribution is -2.20. The number of nitrogens with zero attached hydrogens (tertiary/aromatic N) is 4. The van der Waals surface area contributed by atoms with Crippen molar-refractivity contribution in [3.8, 4) is 11.5 Å². The Kier molecular flexibility index (Phi) is 3.44. The molecule has 1 unspecified atom stereocenters. The number of hydrogen-bond acceptors (Lipinski definition) is 5. The molecule has 1 aromatic carbocycles. The number of imidazole rings is 1. The summed E-state index contributed by atoms with van der Waals surface area (Å²) in [6, 6.07) is 9.88. The molecule has 1 atom stereocenters. The fourth-order valence-corrected chi connectivity index (χ4v) is 2.87. The van der Waals surface area contributed by atoms with E-state index in [1.54, 1.807) is 6.20 Å². The first-order valence-electron chi connectivity index (χ1n) is 7.48. The molecular weight excluding hydrogens is 278 g/mol. The highest BCUT2D eigenvalue weighted by molar-refractivity contribution is 5.51. The van der Waals surface area contributed by atoms with Gasteiger partial charge in [0.15, 0.2) is 0 Å².